The van der Waals surface area contributed by atoms with E-state index in [2.05, 4.69) is 10.4 Å². The van der Waals surface area contributed by atoms with Crippen LogP contribution in [0, 0.1) is 0 Å². The second-order valence-corrected chi connectivity index (χ2v) is 6.63. The van der Waals surface area contributed by atoms with Gasteiger partial charge in [-0.3, -0.25) is 14.3 Å². The van der Waals surface area contributed by atoms with Crippen LogP contribution in [0.1, 0.15) is 28.4 Å². The topological polar surface area (TPSA) is 67.2 Å². The van der Waals surface area contributed by atoms with Crippen molar-refractivity contribution in [2.75, 3.05) is 16.8 Å². The number of hydrogen-bond donors (Lipinski definition) is 1. The zero-order valence-corrected chi connectivity index (χ0v) is 15.1. The summed E-state index contributed by atoms with van der Waals surface area (Å²) in [7, 11) is 0. The molecule has 4 rings (SSSR count). The number of benzene rings is 2. The van der Waals surface area contributed by atoms with Gasteiger partial charge in [0.25, 0.3) is 5.91 Å². The summed E-state index contributed by atoms with van der Waals surface area (Å²) in [6.07, 6.45) is 4.23. The second-order valence-electron chi connectivity index (χ2n) is 6.63. The zero-order valence-electron chi connectivity index (χ0n) is 15.1. The number of rotatable bonds is 4. The third-order valence-electron chi connectivity index (χ3n) is 4.70. The number of anilines is 2. The van der Waals surface area contributed by atoms with Crippen LogP contribution >= 0.6 is 0 Å². The summed E-state index contributed by atoms with van der Waals surface area (Å²) >= 11 is 0. The van der Waals surface area contributed by atoms with Gasteiger partial charge in [-0.05, 0) is 35.7 Å². The Hall–Kier alpha value is -3.41. The predicted octanol–water partition coefficient (Wildman–Crippen LogP) is 3.09. The molecule has 136 valence electrons. The number of hydrogen-bond acceptors (Lipinski definition) is 3. The van der Waals surface area contributed by atoms with Gasteiger partial charge in [0, 0.05) is 30.9 Å². The lowest BCUT2D eigenvalue weighted by Gasteiger charge is -2.14. The average molecular weight is 360 g/mol. The number of nitrogens with zero attached hydrogens (tertiary/aromatic N) is 3. The third-order valence-corrected chi connectivity index (χ3v) is 4.70. The van der Waals surface area contributed by atoms with Crippen molar-refractivity contribution in [1.29, 1.82) is 0 Å². The van der Waals surface area contributed by atoms with Gasteiger partial charge in [-0.2, -0.15) is 5.10 Å². The molecule has 0 spiro atoms. The Morgan fingerprint density at radius 1 is 1.15 bits per heavy atom. The molecular weight excluding hydrogens is 340 g/mol. The van der Waals surface area contributed by atoms with Crippen LogP contribution in [0.15, 0.2) is 60.9 Å². The van der Waals surface area contributed by atoms with Crippen molar-refractivity contribution in [2.24, 2.45) is 0 Å². The lowest BCUT2D eigenvalue weighted by atomic mass is 10.1. The minimum absolute atomic E-state index is 0.0248. The van der Waals surface area contributed by atoms with E-state index in [0.717, 1.165) is 23.2 Å². The molecule has 0 unspecified atom stereocenters. The standard InChI is InChI=1S/C21H20N4O2/c1-15(26)25-10-9-17-11-18(7-8-20(17)25)21(27)23-19-12-22-24(14-19)13-16-5-3-2-4-6-16/h2-8,11-12,14H,9-10,13H2,1H3,(H,23,27). The van der Waals surface area contributed by atoms with Crippen molar-refractivity contribution >= 4 is 23.2 Å². The van der Waals surface area contributed by atoms with Crippen molar-refractivity contribution in [3.05, 3.63) is 77.6 Å². The van der Waals surface area contributed by atoms with Crippen LogP contribution in [0.4, 0.5) is 11.4 Å². The van der Waals surface area contributed by atoms with Crippen LogP contribution in [0.25, 0.3) is 0 Å². The minimum Gasteiger partial charge on any atom is -0.319 e. The molecule has 2 heterocycles. The van der Waals surface area contributed by atoms with Gasteiger partial charge < -0.3 is 10.2 Å². The van der Waals surface area contributed by atoms with Gasteiger partial charge in [0.15, 0.2) is 0 Å². The fourth-order valence-electron chi connectivity index (χ4n) is 3.36. The molecule has 1 N–H and O–H groups in total. The summed E-state index contributed by atoms with van der Waals surface area (Å²) in [4.78, 5) is 25.9. The number of fused-ring (bicyclic) bond motifs is 1. The molecule has 0 saturated heterocycles. The molecule has 1 aliphatic rings. The highest BCUT2D eigenvalue weighted by Gasteiger charge is 2.23. The number of carbonyl (C=O) groups is 2. The Morgan fingerprint density at radius 3 is 2.74 bits per heavy atom. The van der Waals surface area contributed by atoms with Crippen molar-refractivity contribution in [1.82, 2.24) is 9.78 Å². The smallest absolute Gasteiger partial charge is 0.255 e. The number of carbonyl (C=O) groups excluding carboxylic acids is 2. The quantitative estimate of drug-likeness (QED) is 0.777. The SMILES string of the molecule is CC(=O)N1CCc2cc(C(=O)Nc3cnn(Cc4ccccc4)c3)ccc21. The summed E-state index contributed by atoms with van der Waals surface area (Å²) in [6, 6.07) is 15.5. The van der Waals surface area contributed by atoms with Gasteiger partial charge in [-0.25, -0.2) is 0 Å². The molecule has 0 radical (unpaired) electrons. The second kappa shape index (κ2) is 7.07. The summed E-state index contributed by atoms with van der Waals surface area (Å²) in [6.45, 7) is 2.88. The van der Waals surface area contributed by atoms with Gasteiger partial charge in [-0.1, -0.05) is 30.3 Å². The van der Waals surface area contributed by atoms with E-state index in [9.17, 15) is 9.59 Å². The van der Waals surface area contributed by atoms with Crippen molar-refractivity contribution < 1.29 is 9.59 Å². The molecule has 1 aliphatic heterocycles. The van der Waals surface area contributed by atoms with Crippen LogP contribution in [0.2, 0.25) is 0 Å². The molecule has 2 amide bonds. The maximum Gasteiger partial charge on any atom is 0.255 e. The van der Waals surface area contributed by atoms with E-state index < -0.39 is 0 Å². The molecule has 0 bridgehead atoms. The first-order valence-electron chi connectivity index (χ1n) is 8.89. The third kappa shape index (κ3) is 3.60. The van der Waals surface area contributed by atoms with Crippen LogP contribution in [0.5, 0.6) is 0 Å². The molecule has 3 aromatic rings. The first-order valence-corrected chi connectivity index (χ1v) is 8.89. The number of amides is 2. The highest BCUT2D eigenvalue weighted by molar-refractivity contribution is 6.05. The van der Waals surface area contributed by atoms with Gasteiger partial charge in [0.05, 0.1) is 18.4 Å². The predicted molar refractivity (Wildman–Crippen MR) is 104 cm³/mol. The lowest BCUT2D eigenvalue weighted by molar-refractivity contribution is -0.116. The van der Waals surface area contributed by atoms with Gasteiger partial charge in [-0.15, -0.1) is 0 Å². The molecule has 6 heteroatoms. The molecule has 0 saturated carbocycles. The maximum atomic E-state index is 12.6. The summed E-state index contributed by atoms with van der Waals surface area (Å²) in [5, 5.41) is 7.19. The Morgan fingerprint density at radius 2 is 1.96 bits per heavy atom. The van der Waals surface area contributed by atoms with E-state index in [4.69, 9.17) is 0 Å². The van der Waals surface area contributed by atoms with E-state index in [1.54, 1.807) is 28.8 Å². The Bertz CT molecular complexity index is 994. The normalized spacial score (nSPS) is 12.7. The Kier molecular flexibility index (Phi) is 4.46. The fourth-order valence-corrected chi connectivity index (χ4v) is 3.36. The van der Waals surface area contributed by atoms with E-state index in [1.807, 2.05) is 48.7 Å². The number of nitrogens with one attached hydrogen (secondary N) is 1. The van der Waals surface area contributed by atoms with Crippen LogP contribution in [-0.2, 0) is 17.8 Å². The van der Waals surface area contributed by atoms with Crippen molar-refractivity contribution in [2.45, 2.75) is 19.9 Å². The molecule has 0 atom stereocenters. The first kappa shape index (κ1) is 17.0. The molecule has 1 aromatic heterocycles. The van der Waals surface area contributed by atoms with E-state index >= 15 is 0 Å². The monoisotopic (exact) mass is 360 g/mol. The maximum absolute atomic E-state index is 12.6. The summed E-state index contributed by atoms with van der Waals surface area (Å²) < 4.78 is 1.79. The molecule has 6 nitrogen and oxygen atoms in total. The molecule has 0 aliphatic carbocycles. The number of aromatic nitrogens is 2. The fraction of sp³-hybridized carbons (Fsp3) is 0.190. The lowest BCUT2D eigenvalue weighted by Crippen LogP contribution is -2.25. The van der Waals surface area contributed by atoms with Crippen molar-refractivity contribution in [3.8, 4) is 0 Å². The molecule has 0 fully saturated rings. The molecular formula is C21H20N4O2. The van der Waals surface area contributed by atoms with Crippen LogP contribution in [0.3, 0.4) is 0 Å². The highest BCUT2D eigenvalue weighted by atomic mass is 16.2. The van der Waals surface area contributed by atoms with Crippen LogP contribution < -0.4 is 10.2 Å². The Balaban J connectivity index is 1.45. The van der Waals surface area contributed by atoms with E-state index in [1.165, 1.54) is 0 Å². The average Bonchev–Trinajstić information content (AvgIpc) is 3.28. The highest BCUT2D eigenvalue weighted by Crippen LogP contribution is 2.29. The van der Waals surface area contributed by atoms with Crippen molar-refractivity contribution in [3.63, 3.8) is 0 Å². The van der Waals surface area contributed by atoms with E-state index in [0.29, 0.717) is 24.3 Å². The Labute approximate surface area is 157 Å². The molecule has 2 aromatic carbocycles. The summed E-state index contributed by atoms with van der Waals surface area (Å²) in [5.41, 5.74) is 4.30. The summed E-state index contributed by atoms with van der Waals surface area (Å²) in [5.74, 6) is -0.157. The van der Waals surface area contributed by atoms with Gasteiger partial charge >= 0.3 is 0 Å². The van der Waals surface area contributed by atoms with E-state index in [-0.39, 0.29) is 11.8 Å². The van der Waals surface area contributed by atoms with Gasteiger partial charge in [0.2, 0.25) is 5.91 Å². The van der Waals surface area contributed by atoms with Gasteiger partial charge in [0.1, 0.15) is 0 Å². The first-order chi connectivity index (χ1) is 13.1. The zero-order chi connectivity index (χ0) is 18.8. The van der Waals surface area contributed by atoms with Crippen LogP contribution in [-0.4, -0.2) is 28.1 Å². The largest absolute Gasteiger partial charge is 0.319 e. The minimum atomic E-state index is -0.182. The molecule has 27 heavy (non-hydrogen) atoms.